The lowest BCUT2D eigenvalue weighted by atomic mass is 9.66. The quantitative estimate of drug-likeness (QED) is 0.0518. The van der Waals surface area contributed by atoms with Crippen molar-refractivity contribution in [3.05, 3.63) is 211 Å². The number of hydrogen-bond acceptors (Lipinski definition) is 11. The normalized spacial score (nSPS) is 28.9. The van der Waals surface area contributed by atoms with E-state index in [4.69, 9.17) is 23.4 Å². The van der Waals surface area contributed by atoms with E-state index in [-0.39, 0.29) is 103 Å². The van der Waals surface area contributed by atoms with Crippen LogP contribution in [0.1, 0.15) is 169 Å². The van der Waals surface area contributed by atoms with Gasteiger partial charge in [0.2, 0.25) is 0 Å². The molecule has 1 aromatic heterocycles. The van der Waals surface area contributed by atoms with Crippen LogP contribution in [-0.4, -0.2) is 65.9 Å². The van der Waals surface area contributed by atoms with Crippen LogP contribution in [0.2, 0.25) is 0 Å². The maximum absolute atomic E-state index is 15.8. The van der Waals surface area contributed by atoms with Gasteiger partial charge in [-0.05, 0) is 162 Å². The summed E-state index contributed by atoms with van der Waals surface area (Å²) < 4.78 is 33.9. The molecule has 430 valence electrons. The van der Waals surface area contributed by atoms with Gasteiger partial charge in [-0.2, -0.15) is 0 Å². The molecule has 3 saturated carbocycles. The molecule has 83 heavy (non-hydrogen) atoms. The summed E-state index contributed by atoms with van der Waals surface area (Å²) in [5.41, 5.74) is 8.10. The Morgan fingerprint density at radius 1 is 0.783 bits per heavy atom. The first-order valence-electron chi connectivity index (χ1n) is 30.5. The number of rotatable bonds is 10. The Balaban J connectivity index is 0.961. The fourth-order valence-electron chi connectivity index (χ4n) is 16.8. The van der Waals surface area contributed by atoms with Crippen LogP contribution in [-0.2, 0) is 42.2 Å². The molecule has 3 fully saturated rings. The average molecular weight is 1120 g/mol. The van der Waals surface area contributed by atoms with Crippen LogP contribution in [0.15, 0.2) is 154 Å². The number of allylic oxidation sites excluding steroid dienone is 2. The summed E-state index contributed by atoms with van der Waals surface area (Å²) in [6, 6.07) is 41.0. The number of esters is 2. The second-order valence-corrected chi connectivity index (χ2v) is 25.0. The smallest absolute Gasteiger partial charge is 0.340 e. The monoisotopic (exact) mass is 1120 g/mol. The van der Waals surface area contributed by atoms with E-state index in [1.165, 1.54) is 47.8 Å². The molecule has 11 atom stereocenters. The molecular formula is C72H76O11. The number of benzene rings is 5. The Hall–Kier alpha value is -6.89. The molecule has 2 bridgehead atoms. The van der Waals surface area contributed by atoms with E-state index in [1.807, 2.05) is 6.07 Å². The molecule has 11 heteroatoms. The third-order valence-corrected chi connectivity index (χ3v) is 20.8. The number of carbonyl (C=O) groups is 2. The fraction of sp³-hybridized carbons (Fsp3) is 0.431. The average Bonchev–Trinajstić information content (AvgIpc) is 3.78. The molecule has 0 unspecified atom stereocenters. The first-order valence-corrected chi connectivity index (χ1v) is 30.5. The van der Waals surface area contributed by atoms with Crippen LogP contribution < -0.4 is 10.4 Å². The molecule has 3 aliphatic heterocycles. The molecule has 14 rings (SSSR count). The van der Waals surface area contributed by atoms with Crippen molar-refractivity contribution in [3.63, 3.8) is 0 Å². The van der Waals surface area contributed by atoms with Crippen LogP contribution in [0.4, 0.5) is 0 Å². The standard InChI is InChI=1S/C72H76O11/c1-43(40-74)53-26-21-44-19-22-46(23-20-44)54-27-25-48(47-13-10-16-52(37-47)71(32-8-9-33-71)51-14-4-3-5-15-51)36-50(54)38-63(76)80-67-65-62(30-29-58-60(41-75)64(70(78)81-66(58)65)49(31-35-73)42-79-2)83-72(68(67)82-69(53)77)34-11-18-57-56-28-24-45-12-6-7-17-55(45)59(56)39-61(57)72/h3-7,10-20,22-24,28-30,37,48-50,54,56-57,59,61,67-68,73-75H,8-9,21,25-27,31-36,38-42H2,1-2H3/b53-43-/t48-,49-,50-,54+,56-,57+,59-,61-,67-,68+,72+/m1/s1. The van der Waals surface area contributed by atoms with Gasteiger partial charge in [0.15, 0.2) is 17.8 Å². The van der Waals surface area contributed by atoms with Crippen LogP contribution in [0.25, 0.3) is 17.0 Å². The van der Waals surface area contributed by atoms with Crippen LogP contribution in [0.3, 0.4) is 0 Å². The minimum atomic E-state index is -1.36. The summed E-state index contributed by atoms with van der Waals surface area (Å²) in [6.45, 7) is 0.687. The van der Waals surface area contributed by atoms with E-state index in [0.717, 1.165) is 43.2 Å². The molecule has 0 radical (unpaired) electrons. The first kappa shape index (κ1) is 55.3. The van der Waals surface area contributed by atoms with Crippen molar-refractivity contribution in [2.45, 2.75) is 144 Å². The number of ether oxygens (including phenoxy) is 4. The maximum atomic E-state index is 15.8. The zero-order valence-corrected chi connectivity index (χ0v) is 47.7. The van der Waals surface area contributed by atoms with Gasteiger partial charge in [-0.25, -0.2) is 9.59 Å². The van der Waals surface area contributed by atoms with Gasteiger partial charge in [0, 0.05) is 60.3 Å². The lowest BCUT2D eigenvalue weighted by molar-refractivity contribution is -0.205. The maximum Gasteiger partial charge on any atom is 0.340 e. The molecule has 6 aromatic rings. The van der Waals surface area contributed by atoms with Crippen molar-refractivity contribution in [3.8, 4) is 5.75 Å². The highest BCUT2D eigenvalue weighted by molar-refractivity contribution is 5.90. The summed E-state index contributed by atoms with van der Waals surface area (Å²) in [6.07, 6.45) is 15.4. The van der Waals surface area contributed by atoms with E-state index in [9.17, 15) is 20.1 Å². The highest BCUT2D eigenvalue weighted by Gasteiger charge is 2.64. The molecule has 5 aliphatic carbocycles. The van der Waals surface area contributed by atoms with Crippen LogP contribution >= 0.6 is 0 Å². The van der Waals surface area contributed by atoms with Crippen molar-refractivity contribution in [2.75, 3.05) is 26.9 Å². The number of carbonyl (C=O) groups excluding carboxylic acids is 2. The number of fused-ring (bicyclic) bond motifs is 17. The topological polar surface area (TPSA) is 162 Å². The minimum Gasteiger partial charge on any atom is -0.482 e. The van der Waals surface area contributed by atoms with E-state index in [0.29, 0.717) is 47.1 Å². The Bertz CT molecular complexity index is 3560. The number of aliphatic hydroxyl groups is 3. The molecule has 0 amide bonds. The molecule has 8 aliphatic rings. The van der Waals surface area contributed by atoms with E-state index < -0.39 is 47.9 Å². The van der Waals surface area contributed by atoms with Crippen molar-refractivity contribution in [1.82, 2.24) is 0 Å². The van der Waals surface area contributed by atoms with E-state index >= 15 is 9.59 Å². The van der Waals surface area contributed by atoms with E-state index in [2.05, 4.69) is 127 Å². The fourth-order valence-corrected chi connectivity index (χ4v) is 16.8. The number of aryl methyl sites for hydroxylation is 1. The summed E-state index contributed by atoms with van der Waals surface area (Å²) in [4.78, 5) is 46.0. The summed E-state index contributed by atoms with van der Waals surface area (Å²) in [7, 11) is 1.52. The van der Waals surface area contributed by atoms with Gasteiger partial charge >= 0.3 is 17.6 Å². The Kier molecular flexibility index (Phi) is 15.3. The number of aliphatic hydroxyl groups excluding tert-OH is 3. The predicted molar refractivity (Wildman–Crippen MR) is 318 cm³/mol. The second kappa shape index (κ2) is 22.9. The van der Waals surface area contributed by atoms with Crippen molar-refractivity contribution < 1.29 is 48.3 Å². The molecule has 11 nitrogen and oxygen atoms in total. The van der Waals surface area contributed by atoms with Crippen LogP contribution in [0, 0.1) is 23.7 Å². The van der Waals surface area contributed by atoms with Gasteiger partial charge in [0.1, 0.15) is 11.3 Å². The zero-order chi connectivity index (χ0) is 57.0. The Morgan fingerprint density at radius 3 is 2.36 bits per heavy atom. The molecular weight excluding hydrogens is 1040 g/mol. The van der Waals surface area contributed by atoms with Crippen molar-refractivity contribution in [1.29, 1.82) is 0 Å². The highest BCUT2D eigenvalue weighted by atomic mass is 16.6. The number of methoxy groups -OCH3 is 1. The summed E-state index contributed by atoms with van der Waals surface area (Å²) in [5.74, 6) is -1.42. The van der Waals surface area contributed by atoms with E-state index in [1.54, 1.807) is 13.0 Å². The highest BCUT2D eigenvalue weighted by Crippen LogP contribution is 2.62. The van der Waals surface area contributed by atoms with Gasteiger partial charge in [-0.15, -0.1) is 0 Å². The lowest BCUT2D eigenvalue weighted by Gasteiger charge is -2.52. The summed E-state index contributed by atoms with van der Waals surface area (Å²) in [5, 5.41) is 32.6. The van der Waals surface area contributed by atoms with Gasteiger partial charge < -0.3 is 38.7 Å². The minimum absolute atomic E-state index is 0.0359. The first-order chi connectivity index (χ1) is 40.6. The third-order valence-electron chi connectivity index (χ3n) is 20.8. The predicted octanol–water partition coefficient (Wildman–Crippen LogP) is 12.9. The lowest BCUT2D eigenvalue weighted by Crippen LogP contribution is -2.61. The Labute approximate surface area is 486 Å². The van der Waals surface area contributed by atoms with Crippen molar-refractivity contribution >= 4 is 29.0 Å². The van der Waals surface area contributed by atoms with Gasteiger partial charge in [-0.3, -0.25) is 4.79 Å². The molecule has 3 N–H and O–H groups in total. The molecule has 5 aromatic carbocycles. The van der Waals surface area contributed by atoms with Gasteiger partial charge in [0.05, 0.1) is 25.4 Å². The molecule has 4 heterocycles. The largest absolute Gasteiger partial charge is 0.482 e. The SMILES string of the molecule is COC[C@@H](CCO)c1c(CO)c2ccc3c(c2oc1=O)[C@H]1OC(=O)C[C@H]2C[C@H](c4cccc(C5(c6ccccc6)CCCC5)c4)CC[C@H]2c2ccc(cc2)CC/C(=C(\C)CO)C(=O)O[C@@H]1[C@@]1(CC=C[C@H]2[C@H]4C=Cc5ccccc5[C@H]4C[C@H]21)O3. The Morgan fingerprint density at radius 2 is 1.58 bits per heavy atom. The summed E-state index contributed by atoms with van der Waals surface area (Å²) >= 11 is 0. The number of hydrogen-bond donors (Lipinski definition) is 3. The second-order valence-electron chi connectivity index (χ2n) is 25.0. The van der Waals surface area contributed by atoms with Crippen LogP contribution in [0.5, 0.6) is 5.75 Å². The molecule has 0 saturated heterocycles. The third kappa shape index (κ3) is 9.73. The molecule has 1 spiro atoms. The van der Waals surface area contributed by atoms with Gasteiger partial charge in [0.25, 0.3) is 0 Å². The zero-order valence-electron chi connectivity index (χ0n) is 47.7. The van der Waals surface area contributed by atoms with Gasteiger partial charge in [-0.1, -0.05) is 140 Å². The van der Waals surface area contributed by atoms with Crippen molar-refractivity contribution in [2.24, 2.45) is 23.7 Å².